The fourth-order valence-electron chi connectivity index (χ4n) is 4.35. The Bertz CT molecular complexity index is 1180. The summed E-state index contributed by atoms with van der Waals surface area (Å²) < 4.78 is 12.7. The number of benzene rings is 2. The van der Waals surface area contributed by atoms with Gasteiger partial charge in [0, 0.05) is 24.7 Å². The smallest absolute Gasteiger partial charge is 0.155 e. The van der Waals surface area contributed by atoms with Crippen LogP contribution in [0.2, 0.25) is 0 Å². The van der Waals surface area contributed by atoms with Gasteiger partial charge in [-0.25, -0.2) is 4.98 Å². The monoisotopic (exact) mass is 418 g/mol. The normalized spacial score (nSPS) is 17.4. The molecule has 0 radical (unpaired) electrons. The van der Waals surface area contributed by atoms with Crippen molar-refractivity contribution in [3.63, 3.8) is 0 Å². The molecule has 2 aromatic carbocycles. The van der Waals surface area contributed by atoms with Crippen molar-refractivity contribution in [2.24, 2.45) is 7.05 Å². The van der Waals surface area contributed by atoms with Gasteiger partial charge in [0.2, 0.25) is 0 Å². The van der Waals surface area contributed by atoms with Crippen molar-refractivity contribution in [1.29, 1.82) is 5.26 Å². The van der Waals surface area contributed by atoms with E-state index in [4.69, 9.17) is 9.47 Å². The highest BCUT2D eigenvalue weighted by Crippen LogP contribution is 2.39. The maximum atomic E-state index is 11.0. The number of hydrogen-bond donors (Lipinski definition) is 1. The maximum Gasteiger partial charge on any atom is 0.155 e. The number of rotatable bonds is 6. The second-order valence-corrected chi connectivity index (χ2v) is 7.65. The lowest BCUT2D eigenvalue weighted by Crippen LogP contribution is -2.26. The third-order valence-corrected chi connectivity index (χ3v) is 5.93. The van der Waals surface area contributed by atoms with Crippen LogP contribution in [0.4, 0.5) is 0 Å². The Morgan fingerprint density at radius 3 is 2.74 bits per heavy atom. The number of methoxy groups -OCH3 is 2. The molecule has 1 atom stereocenters. The molecule has 1 N–H and O–H groups in total. The predicted molar refractivity (Wildman–Crippen MR) is 119 cm³/mol. The van der Waals surface area contributed by atoms with Crippen LogP contribution in [0.1, 0.15) is 30.3 Å². The third kappa shape index (κ3) is 3.82. The predicted octanol–water partition coefficient (Wildman–Crippen LogP) is 4.22. The molecule has 7 nitrogen and oxygen atoms in total. The first-order valence-corrected chi connectivity index (χ1v) is 10.3. The molecule has 4 rings (SSSR count). The Morgan fingerprint density at radius 2 is 2.03 bits per heavy atom. The Morgan fingerprint density at radius 1 is 1.23 bits per heavy atom. The zero-order valence-electron chi connectivity index (χ0n) is 18.0. The largest absolute Gasteiger partial charge is 0.509 e. The fourth-order valence-corrected chi connectivity index (χ4v) is 4.35. The minimum absolute atomic E-state index is 0.0280. The summed E-state index contributed by atoms with van der Waals surface area (Å²) in [5.74, 6) is 2.00. The molecule has 0 aliphatic carbocycles. The molecule has 31 heavy (non-hydrogen) atoms. The molecule has 7 heteroatoms. The van der Waals surface area contributed by atoms with E-state index >= 15 is 0 Å². The highest BCUT2D eigenvalue weighted by molar-refractivity contribution is 5.83. The van der Waals surface area contributed by atoms with E-state index in [2.05, 4.69) is 16.0 Å². The number of allylic oxidation sites excluding steroid dienone is 1. The van der Waals surface area contributed by atoms with E-state index in [1.54, 1.807) is 14.2 Å². The summed E-state index contributed by atoms with van der Waals surface area (Å²) in [7, 11) is 5.13. The van der Waals surface area contributed by atoms with Crippen LogP contribution in [0.15, 0.2) is 48.2 Å². The molecule has 2 heterocycles. The van der Waals surface area contributed by atoms with E-state index in [0.29, 0.717) is 5.82 Å². The van der Waals surface area contributed by atoms with Gasteiger partial charge in [-0.1, -0.05) is 18.2 Å². The summed E-state index contributed by atoms with van der Waals surface area (Å²) >= 11 is 0. The number of nitriles is 1. The summed E-state index contributed by atoms with van der Waals surface area (Å²) in [6, 6.07) is 15.7. The molecular weight excluding hydrogens is 392 g/mol. The lowest BCUT2D eigenvalue weighted by molar-refractivity contribution is 0.233. The van der Waals surface area contributed by atoms with Crippen molar-refractivity contribution in [2.75, 3.05) is 27.3 Å². The Kier molecular flexibility index (Phi) is 5.83. The zero-order chi connectivity index (χ0) is 22.0. The summed E-state index contributed by atoms with van der Waals surface area (Å²) in [6.07, 6.45) is 1.95. The Labute approximate surface area is 181 Å². The summed E-state index contributed by atoms with van der Waals surface area (Å²) in [5, 5.41) is 20.8. The van der Waals surface area contributed by atoms with Crippen LogP contribution in [0.3, 0.4) is 0 Å². The van der Waals surface area contributed by atoms with E-state index in [9.17, 15) is 10.4 Å². The lowest BCUT2D eigenvalue weighted by Gasteiger charge is -2.26. The fraction of sp³-hybridized carbons (Fsp3) is 0.333. The molecule has 0 unspecified atom stereocenters. The number of ether oxygens (including phenoxy) is 2. The van der Waals surface area contributed by atoms with E-state index in [0.717, 1.165) is 47.5 Å². The van der Waals surface area contributed by atoms with Crippen molar-refractivity contribution < 1.29 is 14.6 Å². The van der Waals surface area contributed by atoms with E-state index in [-0.39, 0.29) is 23.9 Å². The van der Waals surface area contributed by atoms with Gasteiger partial charge in [0.25, 0.3) is 0 Å². The molecule has 1 aliphatic rings. The van der Waals surface area contributed by atoms with Gasteiger partial charge in [-0.05, 0) is 37.6 Å². The van der Waals surface area contributed by atoms with Crippen molar-refractivity contribution in [2.45, 2.75) is 18.9 Å². The van der Waals surface area contributed by atoms with Gasteiger partial charge in [0.1, 0.15) is 28.9 Å². The number of aliphatic hydroxyl groups is 1. The molecule has 0 saturated carbocycles. The van der Waals surface area contributed by atoms with Gasteiger partial charge in [0.05, 0.1) is 31.8 Å². The third-order valence-electron chi connectivity index (χ3n) is 5.93. The minimum atomic E-state index is 0.0280. The summed E-state index contributed by atoms with van der Waals surface area (Å²) in [5.41, 5.74) is 2.96. The molecule has 1 aliphatic heterocycles. The lowest BCUT2D eigenvalue weighted by atomic mass is 10.0. The van der Waals surface area contributed by atoms with Crippen LogP contribution < -0.4 is 9.47 Å². The van der Waals surface area contributed by atoms with Crippen LogP contribution in [-0.2, 0) is 7.05 Å². The van der Waals surface area contributed by atoms with Crippen LogP contribution >= 0.6 is 0 Å². The minimum Gasteiger partial charge on any atom is -0.509 e. The number of likely N-dealkylation sites (tertiary alicyclic amines) is 1. The van der Waals surface area contributed by atoms with Crippen LogP contribution in [0.5, 0.6) is 11.5 Å². The van der Waals surface area contributed by atoms with Crippen molar-refractivity contribution in [1.82, 2.24) is 14.5 Å². The van der Waals surface area contributed by atoms with Crippen molar-refractivity contribution in [3.8, 4) is 17.6 Å². The SMILES string of the molecule is COc1ccc([C@H]2CCCN2C/C(O)=C(\C#N)c2nc3ccccc3n2C)c(OC)c1. The number of fused-ring (bicyclic) bond motifs is 1. The number of aliphatic hydroxyl groups excluding tert-OH is 1. The second kappa shape index (κ2) is 8.70. The van der Waals surface area contributed by atoms with E-state index < -0.39 is 0 Å². The second-order valence-electron chi connectivity index (χ2n) is 7.65. The first-order valence-electron chi connectivity index (χ1n) is 10.3. The first kappa shape index (κ1) is 20.8. The standard InChI is InChI=1S/C24H26N4O3/c1-27-21-8-5-4-7-19(21)26-24(27)18(14-25)22(29)15-28-12-6-9-20(28)17-11-10-16(30-2)13-23(17)31-3/h4-5,7-8,10-11,13,20,29H,6,9,12,15H2,1-3H3/b22-18-/t20-/m1/s1. The van der Waals surface area contributed by atoms with Crippen molar-refractivity contribution in [3.05, 3.63) is 59.6 Å². The molecule has 1 fully saturated rings. The highest BCUT2D eigenvalue weighted by Gasteiger charge is 2.30. The van der Waals surface area contributed by atoms with Crippen molar-refractivity contribution >= 4 is 16.6 Å². The van der Waals surface area contributed by atoms with Crippen LogP contribution in [-0.4, -0.2) is 46.9 Å². The molecule has 1 saturated heterocycles. The van der Waals surface area contributed by atoms with Crippen LogP contribution in [0, 0.1) is 11.3 Å². The van der Waals surface area contributed by atoms with Gasteiger partial charge < -0.3 is 19.1 Å². The Hall–Kier alpha value is -3.50. The number of imidazole rings is 1. The molecule has 3 aromatic rings. The first-order chi connectivity index (χ1) is 15.1. The van der Waals surface area contributed by atoms with Gasteiger partial charge in [-0.3, -0.25) is 4.90 Å². The topological polar surface area (TPSA) is 83.5 Å². The number of aromatic nitrogens is 2. The Balaban J connectivity index is 1.66. The number of aryl methyl sites for hydroxylation is 1. The molecule has 160 valence electrons. The molecule has 0 bridgehead atoms. The van der Waals surface area contributed by atoms with E-state index in [1.807, 2.05) is 54.1 Å². The molecule has 0 amide bonds. The van der Waals surface area contributed by atoms with E-state index in [1.165, 1.54) is 0 Å². The summed E-state index contributed by atoms with van der Waals surface area (Å²) in [6.45, 7) is 1.09. The van der Waals surface area contributed by atoms with Gasteiger partial charge in [-0.2, -0.15) is 5.26 Å². The maximum absolute atomic E-state index is 11.0. The van der Waals surface area contributed by atoms with Gasteiger partial charge in [0.15, 0.2) is 5.82 Å². The molecular formula is C24H26N4O3. The van der Waals surface area contributed by atoms with Gasteiger partial charge >= 0.3 is 0 Å². The number of para-hydroxylation sites is 2. The van der Waals surface area contributed by atoms with Crippen LogP contribution in [0.25, 0.3) is 16.6 Å². The quantitative estimate of drug-likeness (QED) is 0.477. The number of hydrogen-bond acceptors (Lipinski definition) is 6. The summed E-state index contributed by atoms with van der Waals surface area (Å²) in [4.78, 5) is 6.75. The molecule has 1 aromatic heterocycles. The number of nitrogens with zero attached hydrogens (tertiary/aromatic N) is 4. The zero-order valence-corrected chi connectivity index (χ0v) is 18.0. The average molecular weight is 418 g/mol. The van der Waals surface area contributed by atoms with Gasteiger partial charge in [-0.15, -0.1) is 0 Å². The average Bonchev–Trinajstić information content (AvgIpc) is 3.38. The highest BCUT2D eigenvalue weighted by atomic mass is 16.5. The molecule has 0 spiro atoms.